The maximum absolute atomic E-state index is 12.9. The van der Waals surface area contributed by atoms with Crippen molar-refractivity contribution in [3.05, 3.63) is 33.6 Å². The van der Waals surface area contributed by atoms with E-state index in [0.717, 1.165) is 30.4 Å². The number of aromatic nitrogens is 4. The van der Waals surface area contributed by atoms with Gasteiger partial charge in [-0.1, -0.05) is 29.7 Å². The van der Waals surface area contributed by atoms with Gasteiger partial charge >= 0.3 is 0 Å². The maximum atomic E-state index is 12.9. The van der Waals surface area contributed by atoms with Crippen LogP contribution in [-0.2, 0) is 13.0 Å². The normalized spacial score (nSPS) is 20.6. The van der Waals surface area contributed by atoms with Gasteiger partial charge in [-0.2, -0.15) is 5.21 Å². The number of nitrogens with zero attached hydrogens (tertiary/aromatic N) is 3. The molecule has 7 heteroatoms. The largest absolute Gasteiger partial charge is 0.485 e. The highest BCUT2D eigenvalue weighted by Gasteiger charge is 2.39. The lowest BCUT2D eigenvalue weighted by Crippen LogP contribution is -2.18. The van der Waals surface area contributed by atoms with Crippen LogP contribution in [-0.4, -0.2) is 26.4 Å². The van der Waals surface area contributed by atoms with Crippen LogP contribution in [0.15, 0.2) is 6.07 Å². The van der Waals surface area contributed by atoms with Crippen LogP contribution in [0.5, 0.6) is 5.75 Å². The van der Waals surface area contributed by atoms with Crippen LogP contribution in [0.3, 0.4) is 0 Å². The van der Waals surface area contributed by atoms with Crippen molar-refractivity contribution in [2.45, 2.75) is 45.6 Å². The molecule has 0 bridgehead atoms. The molecule has 1 atom stereocenters. The smallest absolute Gasteiger partial charge is 0.211 e. The molecule has 24 heavy (non-hydrogen) atoms. The summed E-state index contributed by atoms with van der Waals surface area (Å²) in [7, 11) is 0. The molecule has 0 saturated heterocycles. The van der Waals surface area contributed by atoms with Crippen molar-refractivity contribution in [3.63, 3.8) is 0 Å². The highest BCUT2D eigenvalue weighted by atomic mass is 35.5. The van der Waals surface area contributed by atoms with Gasteiger partial charge in [0.2, 0.25) is 5.82 Å². The van der Waals surface area contributed by atoms with E-state index in [9.17, 15) is 4.79 Å². The second-order valence-corrected chi connectivity index (χ2v) is 7.06. The maximum Gasteiger partial charge on any atom is 0.211 e. The first kappa shape index (κ1) is 15.6. The number of carbonyl (C=O) groups is 1. The Morgan fingerprint density at radius 2 is 2.17 bits per heavy atom. The molecule has 4 rings (SSSR count). The molecule has 2 aromatic rings. The molecule has 1 aromatic carbocycles. The van der Waals surface area contributed by atoms with E-state index in [1.807, 2.05) is 13.0 Å². The summed E-state index contributed by atoms with van der Waals surface area (Å²) in [6.45, 7) is 2.09. The van der Waals surface area contributed by atoms with Gasteiger partial charge in [0.1, 0.15) is 5.75 Å². The van der Waals surface area contributed by atoms with Gasteiger partial charge in [0.15, 0.2) is 12.4 Å². The van der Waals surface area contributed by atoms with Crippen LogP contribution in [0.2, 0.25) is 5.02 Å². The minimum atomic E-state index is 0.0897. The first-order valence-electron chi connectivity index (χ1n) is 8.36. The fraction of sp³-hybridized carbons (Fsp3) is 0.529. The molecule has 2 aliphatic carbocycles. The van der Waals surface area contributed by atoms with Crippen LogP contribution in [0.25, 0.3) is 0 Å². The lowest BCUT2D eigenvalue weighted by Gasteiger charge is -2.15. The van der Waals surface area contributed by atoms with Gasteiger partial charge in [-0.25, -0.2) is 0 Å². The second-order valence-electron chi connectivity index (χ2n) is 6.68. The van der Waals surface area contributed by atoms with Gasteiger partial charge in [-0.05, 0) is 43.7 Å². The van der Waals surface area contributed by atoms with Crippen molar-refractivity contribution in [3.8, 4) is 5.75 Å². The molecule has 0 amide bonds. The van der Waals surface area contributed by atoms with Crippen LogP contribution in [0.1, 0.15) is 53.0 Å². The number of halogens is 1. The van der Waals surface area contributed by atoms with Gasteiger partial charge in [0, 0.05) is 17.0 Å². The van der Waals surface area contributed by atoms with Gasteiger partial charge in [0.05, 0.1) is 5.02 Å². The molecule has 1 unspecified atom stereocenters. The van der Waals surface area contributed by atoms with E-state index in [0.29, 0.717) is 28.1 Å². The summed E-state index contributed by atoms with van der Waals surface area (Å²) >= 11 is 6.52. The lowest BCUT2D eigenvalue weighted by molar-refractivity contribution is 0.0894. The fourth-order valence-electron chi connectivity index (χ4n) is 3.99. The Bertz CT molecular complexity index is 769. The Hall–Kier alpha value is -1.95. The molecule has 126 valence electrons. The number of nitrogens with one attached hydrogen (secondary N) is 1. The number of hydrogen-bond donors (Lipinski definition) is 1. The van der Waals surface area contributed by atoms with Crippen LogP contribution >= 0.6 is 11.6 Å². The SMILES string of the molecule is Cc1c(OCc2nn[nH]n2)cc2c(c1Cl)C(=O)C(C1CCCC1)C2. The first-order chi connectivity index (χ1) is 11.6. The van der Waals surface area contributed by atoms with E-state index in [-0.39, 0.29) is 18.3 Å². The predicted molar refractivity (Wildman–Crippen MR) is 88.2 cm³/mol. The summed E-state index contributed by atoms with van der Waals surface area (Å²) in [5.74, 6) is 1.97. The number of ketones is 1. The molecule has 0 radical (unpaired) electrons. The number of carbonyl (C=O) groups excluding carboxylic acids is 1. The van der Waals surface area contributed by atoms with Crippen molar-refractivity contribution >= 4 is 17.4 Å². The van der Waals surface area contributed by atoms with Gasteiger partial charge in [0.25, 0.3) is 0 Å². The monoisotopic (exact) mass is 346 g/mol. The van der Waals surface area contributed by atoms with E-state index >= 15 is 0 Å². The predicted octanol–water partition coefficient (Wildman–Crippen LogP) is 3.29. The third-order valence-electron chi connectivity index (χ3n) is 5.28. The van der Waals surface area contributed by atoms with E-state index < -0.39 is 0 Å². The number of benzene rings is 1. The lowest BCUT2D eigenvalue weighted by atomic mass is 9.88. The van der Waals surface area contributed by atoms with Crippen molar-refractivity contribution < 1.29 is 9.53 Å². The third-order valence-corrected chi connectivity index (χ3v) is 5.76. The molecule has 1 heterocycles. The zero-order valence-corrected chi connectivity index (χ0v) is 14.3. The molecule has 1 fully saturated rings. The zero-order valence-electron chi connectivity index (χ0n) is 13.5. The quantitative estimate of drug-likeness (QED) is 0.918. The van der Waals surface area contributed by atoms with Crippen molar-refractivity contribution in [2.75, 3.05) is 0 Å². The summed E-state index contributed by atoms with van der Waals surface area (Å²) in [4.78, 5) is 12.9. The zero-order chi connectivity index (χ0) is 16.7. The summed E-state index contributed by atoms with van der Waals surface area (Å²) < 4.78 is 5.80. The number of Topliss-reactive ketones (excluding diaryl/α,β-unsaturated/α-hetero) is 1. The third kappa shape index (κ3) is 2.59. The molecule has 0 aliphatic heterocycles. The molecular formula is C17H19ClN4O2. The average Bonchev–Trinajstić information content (AvgIpc) is 3.30. The van der Waals surface area contributed by atoms with Crippen LogP contribution in [0, 0.1) is 18.8 Å². The number of fused-ring (bicyclic) bond motifs is 1. The van der Waals surface area contributed by atoms with E-state index in [2.05, 4.69) is 20.6 Å². The highest BCUT2D eigenvalue weighted by Crippen LogP contribution is 2.44. The van der Waals surface area contributed by atoms with E-state index in [4.69, 9.17) is 16.3 Å². The standard InChI is InChI=1S/C17H19ClN4O2/c1-9-13(24-8-14-19-21-22-20-14)7-11-6-12(10-4-2-3-5-10)17(23)15(11)16(9)18/h7,10,12H,2-6,8H2,1H3,(H,19,20,21,22). The summed E-state index contributed by atoms with van der Waals surface area (Å²) in [5.41, 5.74) is 2.51. The van der Waals surface area contributed by atoms with Gasteiger partial charge in [-0.15, -0.1) is 10.2 Å². The highest BCUT2D eigenvalue weighted by molar-refractivity contribution is 6.35. The minimum absolute atomic E-state index is 0.0897. The Morgan fingerprint density at radius 1 is 1.38 bits per heavy atom. The number of hydrogen-bond acceptors (Lipinski definition) is 5. The van der Waals surface area contributed by atoms with E-state index in [1.54, 1.807) is 0 Å². The topological polar surface area (TPSA) is 80.8 Å². The van der Waals surface area contributed by atoms with E-state index in [1.165, 1.54) is 12.8 Å². The van der Waals surface area contributed by atoms with Crippen LogP contribution < -0.4 is 4.74 Å². The fourth-order valence-corrected chi connectivity index (χ4v) is 4.30. The second kappa shape index (κ2) is 6.16. The Kier molecular flexibility index (Phi) is 4.00. The number of aromatic amines is 1. The molecule has 2 aliphatic rings. The first-order valence-corrected chi connectivity index (χ1v) is 8.74. The van der Waals surface area contributed by atoms with Crippen LogP contribution in [0.4, 0.5) is 0 Å². The van der Waals surface area contributed by atoms with Gasteiger partial charge in [-0.3, -0.25) is 4.79 Å². The minimum Gasteiger partial charge on any atom is -0.485 e. The van der Waals surface area contributed by atoms with Crippen molar-refractivity contribution in [1.82, 2.24) is 20.6 Å². The number of tetrazole rings is 1. The molecule has 1 saturated carbocycles. The number of H-pyrrole nitrogens is 1. The Balaban J connectivity index is 1.61. The summed E-state index contributed by atoms with van der Waals surface area (Å²) in [6, 6.07) is 1.96. The number of rotatable bonds is 4. The Labute approximate surface area is 144 Å². The average molecular weight is 347 g/mol. The number of ether oxygens (including phenoxy) is 1. The molecule has 1 N–H and O–H groups in total. The Morgan fingerprint density at radius 3 is 2.88 bits per heavy atom. The molecule has 6 nitrogen and oxygen atoms in total. The van der Waals surface area contributed by atoms with Gasteiger partial charge < -0.3 is 4.74 Å². The molecular weight excluding hydrogens is 328 g/mol. The summed E-state index contributed by atoms with van der Waals surface area (Å²) in [6.07, 6.45) is 5.55. The molecule has 0 spiro atoms. The molecule has 1 aromatic heterocycles. The van der Waals surface area contributed by atoms with Crippen molar-refractivity contribution in [2.24, 2.45) is 11.8 Å². The van der Waals surface area contributed by atoms with Crippen molar-refractivity contribution in [1.29, 1.82) is 0 Å². The summed E-state index contributed by atoms with van der Waals surface area (Å²) in [5, 5.41) is 14.2.